The van der Waals surface area contributed by atoms with Gasteiger partial charge in [0.25, 0.3) is 0 Å². The molecule has 6 heteroatoms. The first kappa shape index (κ1) is 11.4. The van der Waals surface area contributed by atoms with Crippen molar-refractivity contribution in [3.63, 3.8) is 0 Å². The second-order valence-corrected chi connectivity index (χ2v) is 5.35. The molecule has 5 nitrogen and oxygen atoms in total. The van der Waals surface area contributed by atoms with Crippen LogP contribution >= 0.6 is 0 Å². The van der Waals surface area contributed by atoms with Gasteiger partial charge in [-0.3, -0.25) is 0 Å². The van der Waals surface area contributed by atoms with E-state index in [-0.39, 0.29) is 10.6 Å². The van der Waals surface area contributed by atoms with Gasteiger partial charge in [0.05, 0.1) is 6.26 Å². The number of rotatable bonds is 2. The van der Waals surface area contributed by atoms with Crippen LogP contribution in [0.1, 0.15) is 5.69 Å². The van der Waals surface area contributed by atoms with Crippen LogP contribution in [0.2, 0.25) is 0 Å². The molecule has 0 N–H and O–H groups in total. The van der Waals surface area contributed by atoms with E-state index in [0.717, 1.165) is 6.26 Å². The fourth-order valence-electron chi connectivity index (χ4n) is 1.53. The molecule has 0 aliphatic rings. The van der Waals surface area contributed by atoms with E-state index < -0.39 is 9.84 Å². The molecule has 2 aromatic rings. The first-order chi connectivity index (χ1) is 8.04. The summed E-state index contributed by atoms with van der Waals surface area (Å²) < 4.78 is 28.5. The molecule has 0 bridgehead atoms. The summed E-state index contributed by atoms with van der Waals surface area (Å²) in [4.78, 5) is 3.65. The molecule has 2 aromatic heterocycles. The number of nitriles is 1. The van der Waals surface area contributed by atoms with Gasteiger partial charge in [0, 0.05) is 18.0 Å². The summed E-state index contributed by atoms with van der Waals surface area (Å²) in [5, 5.41) is 8.90. The summed E-state index contributed by atoms with van der Waals surface area (Å²) in [5.74, 6) is 0.393. The van der Waals surface area contributed by atoms with E-state index >= 15 is 0 Å². The van der Waals surface area contributed by atoms with Crippen LogP contribution < -0.4 is 0 Å². The van der Waals surface area contributed by atoms with Crippen molar-refractivity contribution >= 4 is 9.84 Å². The lowest BCUT2D eigenvalue weighted by molar-refractivity contribution is 0.577. The van der Waals surface area contributed by atoms with E-state index in [0.29, 0.717) is 11.3 Å². The van der Waals surface area contributed by atoms with Crippen molar-refractivity contribution in [2.45, 2.75) is 4.90 Å². The Balaban J connectivity index is 2.83. The minimum absolute atomic E-state index is 0.0996. The Bertz CT molecular complexity index is 682. The second kappa shape index (κ2) is 4.03. The molecule has 0 aliphatic heterocycles. The van der Waals surface area contributed by atoms with E-state index in [1.807, 2.05) is 0 Å². The molecule has 0 saturated heterocycles. The first-order valence-corrected chi connectivity index (χ1v) is 6.56. The van der Waals surface area contributed by atoms with Crippen molar-refractivity contribution in [2.24, 2.45) is 0 Å². The molecule has 17 heavy (non-hydrogen) atoms. The Morgan fingerprint density at radius 1 is 1.41 bits per heavy atom. The Kier molecular flexibility index (Phi) is 2.69. The number of hydrogen-bond acceptors (Lipinski definition) is 5. The van der Waals surface area contributed by atoms with E-state index in [1.54, 1.807) is 18.2 Å². The van der Waals surface area contributed by atoms with Gasteiger partial charge in [0.15, 0.2) is 15.5 Å². The molecule has 2 heterocycles. The summed E-state index contributed by atoms with van der Waals surface area (Å²) in [7, 11) is -3.55. The minimum atomic E-state index is -3.55. The molecule has 0 atom stereocenters. The van der Waals surface area contributed by atoms with Crippen LogP contribution in [0.4, 0.5) is 0 Å². The average molecular weight is 248 g/mol. The van der Waals surface area contributed by atoms with Gasteiger partial charge < -0.3 is 4.42 Å². The molecule has 0 saturated carbocycles. The summed E-state index contributed by atoms with van der Waals surface area (Å²) in [6, 6.07) is 6.56. The predicted octanol–water partition coefficient (Wildman–Crippen LogP) is 1.62. The number of sulfone groups is 1. The zero-order valence-electron chi connectivity index (χ0n) is 8.91. The largest absolute Gasteiger partial charge is 0.464 e. The average Bonchev–Trinajstić information content (AvgIpc) is 2.80. The molecule has 0 aliphatic carbocycles. The molecule has 2 rings (SSSR count). The predicted molar refractivity (Wildman–Crippen MR) is 59.8 cm³/mol. The number of nitrogens with zero attached hydrogens (tertiary/aromatic N) is 2. The lowest BCUT2D eigenvalue weighted by Gasteiger charge is -2.06. The molecule has 0 amide bonds. The van der Waals surface area contributed by atoms with Gasteiger partial charge in [-0.05, 0) is 18.2 Å². The summed E-state index contributed by atoms with van der Waals surface area (Å²) >= 11 is 0. The van der Waals surface area contributed by atoms with Crippen LogP contribution in [0.3, 0.4) is 0 Å². The van der Waals surface area contributed by atoms with Gasteiger partial charge in [-0.15, -0.1) is 0 Å². The number of furan rings is 1. The topological polar surface area (TPSA) is 84.0 Å². The van der Waals surface area contributed by atoms with E-state index in [9.17, 15) is 8.42 Å². The minimum Gasteiger partial charge on any atom is -0.464 e. The normalized spacial score (nSPS) is 11.1. The van der Waals surface area contributed by atoms with Gasteiger partial charge in [0.2, 0.25) is 0 Å². The van der Waals surface area contributed by atoms with Crippen molar-refractivity contribution in [3.05, 3.63) is 36.4 Å². The zero-order valence-corrected chi connectivity index (χ0v) is 9.73. The van der Waals surface area contributed by atoms with Crippen LogP contribution in [-0.4, -0.2) is 19.7 Å². The second-order valence-electron chi connectivity index (χ2n) is 3.40. The maximum Gasteiger partial charge on any atom is 0.179 e. The maximum absolute atomic E-state index is 11.7. The summed E-state index contributed by atoms with van der Waals surface area (Å²) in [6.07, 6.45) is 3.86. The Morgan fingerprint density at radius 3 is 2.71 bits per heavy atom. The molecule has 0 aromatic carbocycles. The summed E-state index contributed by atoms with van der Waals surface area (Å²) in [6.45, 7) is 0. The summed E-state index contributed by atoms with van der Waals surface area (Å²) in [5.41, 5.74) is 0.227. The first-order valence-electron chi connectivity index (χ1n) is 4.67. The maximum atomic E-state index is 11.7. The third-order valence-electron chi connectivity index (χ3n) is 2.17. The van der Waals surface area contributed by atoms with Crippen LogP contribution in [0.5, 0.6) is 0 Å². The van der Waals surface area contributed by atoms with E-state index in [4.69, 9.17) is 9.68 Å². The number of hydrogen-bond donors (Lipinski definition) is 0. The molecule has 0 spiro atoms. The Hall–Kier alpha value is -2.13. The van der Waals surface area contributed by atoms with Crippen LogP contribution in [0, 0.1) is 11.3 Å². The van der Waals surface area contributed by atoms with Crippen molar-refractivity contribution in [3.8, 4) is 17.4 Å². The highest BCUT2D eigenvalue weighted by Gasteiger charge is 2.21. The van der Waals surface area contributed by atoms with Crippen molar-refractivity contribution in [1.82, 2.24) is 4.98 Å². The number of pyridine rings is 1. The smallest absolute Gasteiger partial charge is 0.179 e. The van der Waals surface area contributed by atoms with Crippen molar-refractivity contribution in [1.29, 1.82) is 5.26 Å². The zero-order chi connectivity index (χ0) is 12.5. The molecule has 0 radical (unpaired) electrons. The van der Waals surface area contributed by atoms with E-state index in [2.05, 4.69) is 4.98 Å². The monoisotopic (exact) mass is 248 g/mol. The highest BCUT2D eigenvalue weighted by atomic mass is 32.2. The van der Waals surface area contributed by atoms with Crippen LogP contribution in [0.15, 0.2) is 40.0 Å². The van der Waals surface area contributed by atoms with E-state index in [1.165, 1.54) is 18.5 Å². The Labute approximate surface area is 98.3 Å². The standard InChI is InChI=1S/C11H8N2O3S/c1-17(14,15)11-8(10-3-2-6-16-10)4-5-13-9(11)7-12/h2-6H,1H3. The molecule has 86 valence electrons. The molecule has 0 unspecified atom stereocenters. The number of aromatic nitrogens is 1. The van der Waals surface area contributed by atoms with Crippen molar-refractivity contribution < 1.29 is 12.8 Å². The van der Waals surface area contributed by atoms with Gasteiger partial charge >= 0.3 is 0 Å². The quantitative estimate of drug-likeness (QED) is 0.806. The van der Waals surface area contributed by atoms with Gasteiger partial charge in [-0.25, -0.2) is 13.4 Å². The fourth-order valence-corrected chi connectivity index (χ4v) is 2.55. The fraction of sp³-hybridized carbons (Fsp3) is 0.0909. The van der Waals surface area contributed by atoms with Crippen molar-refractivity contribution in [2.75, 3.05) is 6.26 Å². The molecular formula is C11H8N2O3S. The van der Waals surface area contributed by atoms with Gasteiger partial charge in [-0.1, -0.05) is 0 Å². The van der Waals surface area contributed by atoms with Gasteiger partial charge in [0.1, 0.15) is 16.7 Å². The SMILES string of the molecule is CS(=O)(=O)c1c(-c2ccco2)ccnc1C#N. The molecule has 0 fully saturated rings. The third kappa shape index (κ3) is 2.05. The lowest BCUT2D eigenvalue weighted by atomic mass is 10.2. The third-order valence-corrected chi connectivity index (χ3v) is 3.32. The Morgan fingerprint density at radius 2 is 2.18 bits per heavy atom. The highest BCUT2D eigenvalue weighted by molar-refractivity contribution is 7.90. The van der Waals surface area contributed by atoms with Crippen LogP contribution in [0.25, 0.3) is 11.3 Å². The van der Waals surface area contributed by atoms with Crippen LogP contribution in [-0.2, 0) is 9.84 Å². The lowest BCUT2D eigenvalue weighted by Crippen LogP contribution is -2.04. The highest BCUT2D eigenvalue weighted by Crippen LogP contribution is 2.28. The molecular weight excluding hydrogens is 240 g/mol. The van der Waals surface area contributed by atoms with Gasteiger partial charge in [-0.2, -0.15) is 5.26 Å².